The molecule has 0 heterocycles. The smallest absolute Gasteiger partial charge is 0.167 e. The molecule has 0 aromatic heterocycles. The van der Waals surface area contributed by atoms with E-state index in [1.165, 1.54) is 0 Å². The average Bonchev–Trinajstić information content (AvgIpc) is 3.11. The molecule has 3 aliphatic rings. The molecule has 3 aliphatic carbocycles. The highest BCUT2D eigenvalue weighted by atomic mass is 19.1. The van der Waals surface area contributed by atoms with Crippen LogP contribution in [0.25, 0.3) is 0 Å². The molecule has 168 valence electrons. The monoisotopic (exact) mass is 414 g/mol. The SMILES string of the molecule is COCOC1C[C@@](C)(OCCF)C(=O)[C@H](C)C23CC[C@@H](C)[C@]1(C)C2[C@H](OC)CC3. The Morgan fingerprint density at radius 1 is 1.14 bits per heavy atom. The minimum atomic E-state index is -1.06. The average molecular weight is 415 g/mol. The second-order valence-electron chi connectivity index (χ2n) is 9.95. The number of ketones is 1. The molecular weight excluding hydrogens is 375 g/mol. The lowest BCUT2D eigenvalue weighted by Crippen LogP contribution is -2.64. The van der Waals surface area contributed by atoms with E-state index >= 15 is 0 Å². The van der Waals surface area contributed by atoms with E-state index in [0.717, 1.165) is 25.7 Å². The van der Waals surface area contributed by atoms with Crippen LogP contribution in [-0.2, 0) is 23.7 Å². The van der Waals surface area contributed by atoms with E-state index in [-0.39, 0.29) is 54.1 Å². The second kappa shape index (κ2) is 8.52. The summed E-state index contributed by atoms with van der Waals surface area (Å²) in [6.07, 6.45) is 4.29. The zero-order valence-electron chi connectivity index (χ0n) is 19.0. The predicted molar refractivity (Wildman–Crippen MR) is 108 cm³/mol. The van der Waals surface area contributed by atoms with Crippen LogP contribution in [0.15, 0.2) is 0 Å². The number of Topliss-reactive ketones (excluding diaryl/α,β-unsaturated/α-hetero) is 1. The van der Waals surface area contributed by atoms with Gasteiger partial charge in [-0.3, -0.25) is 4.79 Å². The number of carbonyl (C=O) groups is 1. The van der Waals surface area contributed by atoms with Crippen LogP contribution >= 0.6 is 0 Å². The van der Waals surface area contributed by atoms with E-state index in [9.17, 15) is 9.18 Å². The summed E-state index contributed by atoms with van der Waals surface area (Å²) in [6.45, 7) is 7.99. The predicted octanol–water partition coefficient (Wildman–Crippen LogP) is 4.18. The van der Waals surface area contributed by atoms with Crippen LogP contribution in [0.5, 0.6) is 0 Å². The summed E-state index contributed by atoms with van der Waals surface area (Å²) in [7, 11) is 3.40. The maximum atomic E-state index is 13.8. The van der Waals surface area contributed by atoms with Gasteiger partial charge in [0, 0.05) is 32.0 Å². The minimum absolute atomic E-state index is 0.0741. The molecule has 0 N–H and O–H groups in total. The van der Waals surface area contributed by atoms with Crippen LogP contribution in [0.3, 0.4) is 0 Å². The summed E-state index contributed by atoms with van der Waals surface area (Å²) >= 11 is 0. The van der Waals surface area contributed by atoms with Gasteiger partial charge in [-0.1, -0.05) is 20.8 Å². The molecular formula is C23H39FO5. The molecule has 3 saturated carbocycles. The minimum Gasteiger partial charge on any atom is -0.381 e. The van der Waals surface area contributed by atoms with Gasteiger partial charge in [0.15, 0.2) is 5.78 Å². The Hall–Kier alpha value is -0.560. The van der Waals surface area contributed by atoms with Gasteiger partial charge in [-0.2, -0.15) is 0 Å². The third-order valence-corrected chi connectivity index (χ3v) is 8.89. The molecule has 3 fully saturated rings. The Balaban J connectivity index is 2.14. The van der Waals surface area contributed by atoms with Gasteiger partial charge in [0.2, 0.25) is 0 Å². The van der Waals surface area contributed by atoms with Crippen molar-refractivity contribution in [1.29, 1.82) is 0 Å². The number of ether oxygens (including phenoxy) is 4. The van der Waals surface area contributed by atoms with Gasteiger partial charge in [-0.05, 0) is 49.9 Å². The van der Waals surface area contributed by atoms with Gasteiger partial charge in [0.05, 0.1) is 18.8 Å². The van der Waals surface area contributed by atoms with E-state index in [1.54, 1.807) is 14.2 Å². The molecule has 8 atom stereocenters. The molecule has 6 heteroatoms. The Kier molecular flexibility index (Phi) is 6.79. The third kappa shape index (κ3) is 3.48. The van der Waals surface area contributed by atoms with Crippen molar-refractivity contribution >= 4 is 5.78 Å². The first-order chi connectivity index (χ1) is 13.7. The summed E-state index contributed by atoms with van der Waals surface area (Å²) in [5, 5.41) is 0. The molecule has 29 heavy (non-hydrogen) atoms. The molecule has 5 nitrogen and oxygen atoms in total. The molecule has 0 spiro atoms. The normalized spacial score (nSPS) is 47.6. The van der Waals surface area contributed by atoms with Crippen molar-refractivity contribution in [3.05, 3.63) is 0 Å². The Morgan fingerprint density at radius 2 is 1.83 bits per heavy atom. The molecule has 0 radical (unpaired) electrons. The van der Waals surface area contributed by atoms with Crippen molar-refractivity contribution in [1.82, 2.24) is 0 Å². The maximum Gasteiger partial charge on any atom is 0.167 e. The zero-order chi connectivity index (χ0) is 21.4. The lowest BCUT2D eigenvalue weighted by atomic mass is 9.45. The molecule has 3 rings (SSSR count). The quantitative estimate of drug-likeness (QED) is 0.585. The number of hydrogen-bond acceptors (Lipinski definition) is 5. The van der Waals surface area contributed by atoms with E-state index in [1.807, 2.05) is 6.92 Å². The first-order valence-electron chi connectivity index (χ1n) is 11.1. The molecule has 0 amide bonds. The summed E-state index contributed by atoms with van der Waals surface area (Å²) < 4.78 is 36.4. The van der Waals surface area contributed by atoms with Crippen molar-refractivity contribution in [3.8, 4) is 0 Å². The maximum absolute atomic E-state index is 13.8. The van der Waals surface area contributed by atoms with E-state index in [2.05, 4.69) is 20.8 Å². The Morgan fingerprint density at radius 3 is 2.45 bits per heavy atom. The lowest BCUT2D eigenvalue weighted by molar-refractivity contribution is -0.230. The first-order valence-corrected chi connectivity index (χ1v) is 11.1. The van der Waals surface area contributed by atoms with Gasteiger partial charge >= 0.3 is 0 Å². The Labute approximate surface area is 175 Å². The highest BCUT2D eigenvalue weighted by Crippen LogP contribution is 2.68. The number of halogens is 1. The summed E-state index contributed by atoms with van der Waals surface area (Å²) in [5.41, 5.74) is -1.39. The van der Waals surface area contributed by atoms with Crippen LogP contribution < -0.4 is 0 Å². The number of methoxy groups -OCH3 is 2. The van der Waals surface area contributed by atoms with Crippen molar-refractivity contribution in [3.63, 3.8) is 0 Å². The number of rotatable bonds is 7. The fourth-order valence-electron chi connectivity index (χ4n) is 7.16. The van der Waals surface area contributed by atoms with E-state index < -0.39 is 12.3 Å². The summed E-state index contributed by atoms with van der Waals surface area (Å²) in [4.78, 5) is 13.8. The number of carbonyl (C=O) groups excluding carboxylic acids is 1. The van der Waals surface area contributed by atoms with Gasteiger partial charge in [0.25, 0.3) is 0 Å². The van der Waals surface area contributed by atoms with E-state index in [0.29, 0.717) is 12.3 Å². The molecule has 0 aliphatic heterocycles. The summed E-state index contributed by atoms with van der Waals surface area (Å²) in [6, 6.07) is 0. The highest BCUT2D eigenvalue weighted by Gasteiger charge is 2.68. The molecule has 0 saturated heterocycles. The zero-order valence-corrected chi connectivity index (χ0v) is 19.0. The van der Waals surface area contributed by atoms with Gasteiger partial charge in [-0.15, -0.1) is 0 Å². The Bertz CT molecular complexity index is 600. The second-order valence-corrected chi connectivity index (χ2v) is 9.95. The van der Waals surface area contributed by atoms with Gasteiger partial charge < -0.3 is 18.9 Å². The van der Waals surface area contributed by atoms with Crippen molar-refractivity contribution in [2.24, 2.45) is 28.6 Å². The molecule has 2 bridgehead atoms. The number of alkyl halides is 1. The van der Waals surface area contributed by atoms with Crippen LogP contribution in [0.2, 0.25) is 0 Å². The third-order valence-electron chi connectivity index (χ3n) is 8.89. The van der Waals surface area contributed by atoms with Crippen molar-refractivity contribution < 1.29 is 28.1 Å². The van der Waals surface area contributed by atoms with Crippen LogP contribution in [-0.4, -0.2) is 57.9 Å². The standard InChI is InChI=1S/C23H39FO5/c1-15-7-9-23-10-8-17(27-6)19(23)22(15,4)18(28-14-26-5)13-21(3,29-12-11-24)20(25)16(23)2/h15-19H,7-14H2,1-6H3/t15-,16+,17-,18?,19?,21-,22+,23?/m1/s1. The fourth-order valence-corrected chi connectivity index (χ4v) is 7.16. The molecule has 0 aromatic carbocycles. The number of hydrogen-bond donors (Lipinski definition) is 0. The topological polar surface area (TPSA) is 54.0 Å². The van der Waals surface area contributed by atoms with Crippen LogP contribution in [0.1, 0.15) is 59.8 Å². The fraction of sp³-hybridized carbons (Fsp3) is 0.957. The first kappa shape index (κ1) is 23.1. The summed E-state index contributed by atoms with van der Waals surface area (Å²) in [5.74, 6) is 0.558. The highest BCUT2D eigenvalue weighted by molar-refractivity contribution is 5.90. The van der Waals surface area contributed by atoms with E-state index in [4.69, 9.17) is 18.9 Å². The van der Waals surface area contributed by atoms with Gasteiger partial charge in [0.1, 0.15) is 19.1 Å². The molecule has 0 aromatic rings. The molecule has 3 unspecified atom stereocenters. The largest absolute Gasteiger partial charge is 0.381 e. The van der Waals surface area contributed by atoms with Crippen molar-refractivity contribution in [2.45, 2.75) is 77.6 Å². The lowest BCUT2D eigenvalue weighted by Gasteiger charge is -2.62. The van der Waals surface area contributed by atoms with Gasteiger partial charge in [-0.25, -0.2) is 4.39 Å². The van der Waals surface area contributed by atoms with Crippen LogP contribution in [0.4, 0.5) is 4.39 Å². The van der Waals surface area contributed by atoms with Crippen LogP contribution in [0, 0.1) is 28.6 Å². The van der Waals surface area contributed by atoms with Crippen molar-refractivity contribution in [2.75, 3.05) is 34.3 Å².